The highest BCUT2D eigenvalue weighted by atomic mass is 32.2. The van der Waals surface area contributed by atoms with Gasteiger partial charge in [0.15, 0.2) is 11.4 Å². The van der Waals surface area contributed by atoms with E-state index in [1.165, 1.54) is 22.8 Å². The maximum atomic E-state index is 8.63. The van der Waals surface area contributed by atoms with Crippen LogP contribution in [-0.2, 0) is 0 Å². The largest absolute Gasteiger partial charge is 0.494 e. The highest BCUT2D eigenvalue weighted by molar-refractivity contribution is 8.13. The molecule has 0 aliphatic carbocycles. The van der Waals surface area contributed by atoms with Crippen LogP contribution in [0.3, 0.4) is 0 Å². The summed E-state index contributed by atoms with van der Waals surface area (Å²) in [7, 11) is 1.55. The Morgan fingerprint density at radius 1 is 1.55 bits per heavy atom. The molecule has 0 bridgehead atoms. The molecule has 0 fully saturated rings. The van der Waals surface area contributed by atoms with Gasteiger partial charge in [-0.2, -0.15) is 5.26 Å². The van der Waals surface area contributed by atoms with Crippen LogP contribution in [0.25, 0.3) is 5.69 Å². The Kier molecular flexibility index (Phi) is 4.52. The zero-order chi connectivity index (χ0) is 14.4. The summed E-state index contributed by atoms with van der Waals surface area (Å²) in [6.07, 6.45) is 5.15. The van der Waals surface area contributed by atoms with Crippen molar-refractivity contribution in [3.63, 3.8) is 0 Å². The van der Waals surface area contributed by atoms with E-state index in [1.807, 2.05) is 18.5 Å². The van der Waals surface area contributed by atoms with Gasteiger partial charge in [0.05, 0.1) is 12.8 Å². The van der Waals surface area contributed by atoms with E-state index in [0.717, 1.165) is 5.69 Å². The number of hydrogen-bond acceptors (Lipinski definition) is 7. The first-order valence-electron chi connectivity index (χ1n) is 5.47. The first-order valence-corrected chi connectivity index (χ1v) is 6.70. The molecule has 1 heterocycles. The molecule has 2 rings (SSSR count). The topological polar surface area (TPSA) is 101 Å². The number of aliphatic imine (C=N–C) groups is 1. The fourth-order valence-electron chi connectivity index (χ4n) is 1.46. The summed E-state index contributed by atoms with van der Waals surface area (Å²) in [5.74, 6) is 0.560. The molecular weight excluding hydrogens is 278 g/mol. The minimum atomic E-state index is 0.487. The lowest BCUT2D eigenvalue weighted by Crippen LogP contribution is -2.12. The van der Waals surface area contributed by atoms with Crippen molar-refractivity contribution in [3.05, 3.63) is 24.5 Å². The van der Waals surface area contributed by atoms with Gasteiger partial charge in [0.25, 0.3) is 0 Å². The predicted octanol–water partition coefficient (Wildman–Crippen LogP) is 1.09. The number of thioether (sulfide) groups is 1. The lowest BCUT2D eigenvalue weighted by atomic mass is 10.2. The molecule has 1 N–H and O–H groups in total. The third-order valence-corrected chi connectivity index (χ3v) is 2.94. The maximum absolute atomic E-state index is 8.63. The number of aromatic nitrogens is 4. The van der Waals surface area contributed by atoms with Gasteiger partial charge in [0.2, 0.25) is 0 Å². The molecule has 0 aliphatic heterocycles. The summed E-state index contributed by atoms with van der Waals surface area (Å²) in [6, 6.07) is 5.34. The summed E-state index contributed by atoms with van der Waals surface area (Å²) in [6.45, 7) is 0. The van der Waals surface area contributed by atoms with Crippen molar-refractivity contribution in [1.29, 1.82) is 5.26 Å². The number of nitrogens with one attached hydrogen (secondary N) is 1. The summed E-state index contributed by atoms with van der Waals surface area (Å²) in [5, 5.41) is 22.6. The summed E-state index contributed by atoms with van der Waals surface area (Å²) < 4.78 is 6.81. The number of ether oxygens (including phenoxy) is 1. The molecule has 1 aromatic carbocycles. The number of nitrogens with zero attached hydrogens (tertiary/aromatic N) is 6. The fraction of sp³-hybridized carbons (Fsp3) is 0.182. The predicted molar refractivity (Wildman–Crippen MR) is 75.1 cm³/mol. The molecule has 0 saturated carbocycles. The van der Waals surface area contributed by atoms with Crippen LogP contribution in [0, 0.1) is 11.5 Å². The van der Waals surface area contributed by atoms with Crippen molar-refractivity contribution >= 4 is 22.6 Å². The Hall–Kier alpha value is -2.60. The number of nitriles is 1. The molecule has 20 heavy (non-hydrogen) atoms. The van der Waals surface area contributed by atoms with Gasteiger partial charge in [-0.3, -0.25) is 5.32 Å². The van der Waals surface area contributed by atoms with Crippen LogP contribution in [0.1, 0.15) is 0 Å². The van der Waals surface area contributed by atoms with Gasteiger partial charge in [-0.15, -0.1) is 5.10 Å². The van der Waals surface area contributed by atoms with Gasteiger partial charge in [0, 0.05) is 6.07 Å². The van der Waals surface area contributed by atoms with E-state index < -0.39 is 0 Å². The third kappa shape index (κ3) is 3.04. The van der Waals surface area contributed by atoms with Crippen LogP contribution in [0.5, 0.6) is 5.75 Å². The molecule has 2 aromatic rings. The third-order valence-electron chi connectivity index (χ3n) is 2.36. The molecule has 0 aliphatic rings. The zero-order valence-electron chi connectivity index (χ0n) is 10.8. The molecule has 0 atom stereocenters. The summed E-state index contributed by atoms with van der Waals surface area (Å²) in [4.78, 5) is 4.32. The van der Waals surface area contributed by atoms with Crippen molar-refractivity contribution in [2.45, 2.75) is 0 Å². The lowest BCUT2D eigenvalue weighted by molar-refractivity contribution is 0.416. The standard InChI is InChI=1S/C11H11N7OS/c1-19-10-5-8(18-7-14-16-17-18)3-4-9(10)15-11(20-2)13-6-12/h3-5,7H,1-2H3,(H,13,15). The van der Waals surface area contributed by atoms with Crippen molar-refractivity contribution in [1.82, 2.24) is 25.5 Å². The number of rotatable bonds is 3. The number of methoxy groups -OCH3 is 1. The van der Waals surface area contributed by atoms with Gasteiger partial charge >= 0.3 is 0 Å². The normalized spacial score (nSPS) is 10.9. The van der Waals surface area contributed by atoms with E-state index in [2.05, 4.69) is 25.8 Å². The van der Waals surface area contributed by atoms with Gasteiger partial charge < -0.3 is 4.74 Å². The van der Waals surface area contributed by atoms with Crippen molar-refractivity contribution in [2.75, 3.05) is 13.4 Å². The number of tetrazole rings is 1. The Labute approximate surface area is 119 Å². The molecule has 0 saturated heterocycles. The van der Waals surface area contributed by atoms with Crippen LogP contribution in [-0.4, -0.2) is 38.7 Å². The Bertz CT molecular complexity index is 647. The molecule has 102 valence electrons. The highest BCUT2D eigenvalue weighted by Gasteiger charge is 2.07. The molecule has 0 unspecified atom stereocenters. The van der Waals surface area contributed by atoms with E-state index in [1.54, 1.807) is 19.2 Å². The zero-order valence-corrected chi connectivity index (χ0v) is 11.6. The van der Waals surface area contributed by atoms with E-state index >= 15 is 0 Å². The maximum Gasteiger partial charge on any atom is 0.183 e. The number of amidine groups is 1. The summed E-state index contributed by atoms with van der Waals surface area (Å²) >= 11 is 1.33. The first kappa shape index (κ1) is 13.8. The average Bonchev–Trinajstić information content (AvgIpc) is 3.01. The van der Waals surface area contributed by atoms with E-state index in [9.17, 15) is 0 Å². The lowest BCUT2D eigenvalue weighted by Gasteiger charge is -2.08. The SMILES string of the molecule is COc1cc(-n2cnnn2)ccc1N=C(NC#N)SC. The van der Waals surface area contributed by atoms with Gasteiger partial charge in [-0.05, 0) is 28.8 Å². The van der Waals surface area contributed by atoms with Crippen LogP contribution in [0.2, 0.25) is 0 Å². The second-order valence-electron chi connectivity index (χ2n) is 3.47. The van der Waals surface area contributed by atoms with E-state index in [4.69, 9.17) is 10.00 Å². The van der Waals surface area contributed by atoms with Crippen LogP contribution in [0.15, 0.2) is 29.5 Å². The Balaban J connectivity index is 2.38. The van der Waals surface area contributed by atoms with Crippen LogP contribution >= 0.6 is 11.8 Å². The highest BCUT2D eigenvalue weighted by Crippen LogP contribution is 2.30. The monoisotopic (exact) mass is 289 g/mol. The second kappa shape index (κ2) is 6.53. The van der Waals surface area contributed by atoms with Crippen LogP contribution in [0.4, 0.5) is 5.69 Å². The molecule has 0 amide bonds. The van der Waals surface area contributed by atoms with Gasteiger partial charge in [0.1, 0.15) is 17.8 Å². The van der Waals surface area contributed by atoms with E-state index in [0.29, 0.717) is 16.6 Å². The fourth-order valence-corrected chi connectivity index (χ4v) is 1.80. The Morgan fingerprint density at radius 2 is 2.40 bits per heavy atom. The quantitative estimate of drug-likeness (QED) is 0.390. The summed E-state index contributed by atoms with van der Waals surface area (Å²) in [5.41, 5.74) is 1.36. The molecule has 0 spiro atoms. The molecule has 0 radical (unpaired) electrons. The second-order valence-corrected chi connectivity index (χ2v) is 4.26. The smallest absolute Gasteiger partial charge is 0.183 e. The molecule has 1 aromatic heterocycles. The average molecular weight is 289 g/mol. The molecular formula is C11H11N7OS. The molecule has 9 heteroatoms. The molecule has 8 nitrogen and oxygen atoms in total. The van der Waals surface area contributed by atoms with Crippen LogP contribution < -0.4 is 10.1 Å². The Morgan fingerprint density at radius 3 is 3.00 bits per heavy atom. The van der Waals surface area contributed by atoms with Crippen molar-refractivity contribution in [2.24, 2.45) is 4.99 Å². The minimum Gasteiger partial charge on any atom is -0.494 e. The number of benzene rings is 1. The minimum absolute atomic E-state index is 0.487. The first-order chi connectivity index (χ1) is 9.78. The van der Waals surface area contributed by atoms with Gasteiger partial charge in [-0.1, -0.05) is 11.8 Å². The van der Waals surface area contributed by atoms with Gasteiger partial charge in [-0.25, -0.2) is 9.67 Å². The number of hydrogen-bond donors (Lipinski definition) is 1. The van der Waals surface area contributed by atoms with Crippen molar-refractivity contribution < 1.29 is 4.74 Å². The van der Waals surface area contributed by atoms with E-state index in [-0.39, 0.29) is 0 Å². The van der Waals surface area contributed by atoms with Crippen molar-refractivity contribution in [3.8, 4) is 17.6 Å².